The fraction of sp³-hybridized carbons (Fsp3) is 0.529. The zero-order chi connectivity index (χ0) is 15.9. The summed E-state index contributed by atoms with van der Waals surface area (Å²) >= 11 is 0. The van der Waals surface area contributed by atoms with Crippen LogP contribution in [0.5, 0.6) is 5.75 Å². The Bertz CT molecular complexity index is 617. The van der Waals surface area contributed by atoms with Gasteiger partial charge in [-0.1, -0.05) is 12.8 Å². The van der Waals surface area contributed by atoms with Gasteiger partial charge in [-0.05, 0) is 44.9 Å². The molecule has 1 aliphatic carbocycles. The number of hydrogen-bond acceptors (Lipinski definition) is 4. The Morgan fingerprint density at radius 3 is 2.64 bits per heavy atom. The van der Waals surface area contributed by atoms with Crippen LogP contribution in [0.15, 0.2) is 18.2 Å². The first kappa shape index (κ1) is 14.9. The Balaban J connectivity index is 2.08. The molecule has 5 nitrogen and oxygen atoms in total. The predicted molar refractivity (Wildman–Crippen MR) is 82.2 cm³/mol. The molecule has 1 saturated carbocycles. The number of benzene rings is 1. The second-order valence-electron chi connectivity index (χ2n) is 6.40. The van der Waals surface area contributed by atoms with Crippen LogP contribution < -0.4 is 9.64 Å². The number of carbonyl (C=O) groups is 2. The molecule has 0 spiro atoms. The molecule has 0 atom stereocenters. The van der Waals surface area contributed by atoms with Crippen molar-refractivity contribution in [1.82, 2.24) is 0 Å². The molecule has 1 aromatic carbocycles. The van der Waals surface area contributed by atoms with Crippen LogP contribution in [0.1, 0.15) is 49.9 Å². The summed E-state index contributed by atoms with van der Waals surface area (Å²) in [7, 11) is 1.35. The lowest BCUT2D eigenvalue weighted by Gasteiger charge is -2.41. The van der Waals surface area contributed by atoms with Crippen molar-refractivity contribution in [1.29, 1.82) is 0 Å². The molecule has 2 aliphatic rings. The van der Waals surface area contributed by atoms with Crippen LogP contribution in [0, 0.1) is 0 Å². The van der Waals surface area contributed by atoms with Crippen LogP contribution in [-0.4, -0.2) is 30.6 Å². The van der Waals surface area contributed by atoms with Gasteiger partial charge in [-0.25, -0.2) is 4.79 Å². The van der Waals surface area contributed by atoms with Gasteiger partial charge in [-0.2, -0.15) is 0 Å². The maximum absolute atomic E-state index is 12.8. The maximum Gasteiger partial charge on any atom is 0.337 e. The second-order valence-corrected chi connectivity index (χ2v) is 6.40. The van der Waals surface area contributed by atoms with E-state index in [4.69, 9.17) is 9.47 Å². The first-order chi connectivity index (χ1) is 10.4. The lowest BCUT2D eigenvalue weighted by atomic mass is 10.00. The van der Waals surface area contributed by atoms with Gasteiger partial charge in [-0.3, -0.25) is 4.79 Å². The number of hydrogen-bond donors (Lipinski definition) is 0. The van der Waals surface area contributed by atoms with Gasteiger partial charge in [-0.15, -0.1) is 0 Å². The molecule has 1 amide bonds. The molecule has 0 unspecified atom stereocenters. The van der Waals surface area contributed by atoms with E-state index in [1.165, 1.54) is 7.11 Å². The number of fused-ring (bicyclic) bond motifs is 1. The van der Waals surface area contributed by atoms with Crippen molar-refractivity contribution in [2.75, 3.05) is 12.0 Å². The Morgan fingerprint density at radius 1 is 1.32 bits per heavy atom. The van der Waals surface area contributed by atoms with Crippen LogP contribution in [0.2, 0.25) is 0 Å². The Morgan fingerprint density at radius 2 is 2.00 bits per heavy atom. The van der Waals surface area contributed by atoms with E-state index in [-0.39, 0.29) is 11.9 Å². The van der Waals surface area contributed by atoms with E-state index in [1.807, 2.05) is 4.90 Å². The third kappa shape index (κ3) is 2.34. The predicted octanol–water partition coefficient (Wildman–Crippen LogP) is 2.92. The van der Waals surface area contributed by atoms with E-state index in [0.717, 1.165) is 25.7 Å². The number of ether oxygens (including phenoxy) is 2. The highest BCUT2D eigenvalue weighted by molar-refractivity contribution is 6.04. The van der Waals surface area contributed by atoms with Gasteiger partial charge in [0.1, 0.15) is 5.75 Å². The summed E-state index contributed by atoms with van der Waals surface area (Å²) in [4.78, 5) is 26.4. The second kappa shape index (κ2) is 5.30. The SMILES string of the molecule is COC(=O)c1ccc2c(c1)N(C1CCCC1)C(=O)C(C)(C)O2. The van der Waals surface area contributed by atoms with E-state index in [2.05, 4.69) is 0 Å². The highest BCUT2D eigenvalue weighted by atomic mass is 16.5. The van der Waals surface area contributed by atoms with Crippen LogP contribution in [0.3, 0.4) is 0 Å². The van der Waals surface area contributed by atoms with Crippen LogP contribution in [0.4, 0.5) is 5.69 Å². The minimum absolute atomic E-state index is 0.0473. The molecular weight excluding hydrogens is 282 g/mol. The Kier molecular flexibility index (Phi) is 3.59. The highest BCUT2D eigenvalue weighted by Gasteiger charge is 2.44. The molecule has 0 bridgehead atoms. The first-order valence-corrected chi connectivity index (χ1v) is 7.69. The van der Waals surface area contributed by atoms with Gasteiger partial charge >= 0.3 is 5.97 Å². The largest absolute Gasteiger partial charge is 0.476 e. The van der Waals surface area contributed by atoms with Crippen molar-refractivity contribution < 1.29 is 19.1 Å². The number of esters is 1. The van der Waals surface area contributed by atoms with Gasteiger partial charge in [0.25, 0.3) is 5.91 Å². The monoisotopic (exact) mass is 303 g/mol. The molecule has 3 rings (SSSR count). The highest BCUT2D eigenvalue weighted by Crippen LogP contribution is 2.42. The van der Waals surface area contributed by atoms with Crippen LogP contribution in [-0.2, 0) is 9.53 Å². The van der Waals surface area contributed by atoms with E-state index >= 15 is 0 Å². The summed E-state index contributed by atoms with van der Waals surface area (Å²) in [6, 6.07) is 5.30. The standard InChI is InChI=1S/C17H21NO4/c1-17(2)16(20)18(12-6-4-5-7-12)13-10-11(15(19)21-3)8-9-14(13)22-17/h8-10,12H,4-7H2,1-3H3. The van der Waals surface area contributed by atoms with Crippen molar-refractivity contribution in [3.63, 3.8) is 0 Å². The number of carbonyl (C=O) groups excluding carboxylic acids is 2. The van der Waals surface area contributed by atoms with Crippen molar-refractivity contribution in [3.8, 4) is 5.75 Å². The Labute approximate surface area is 130 Å². The molecule has 1 aromatic rings. The van der Waals surface area contributed by atoms with Crippen molar-refractivity contribution in [3.05, 3.63) is 23.8 Å². The summed E-state index contributed by atoms with van der Waals surface area (Å²) in [5, 5.41) is 0. The molecule has 1 heterocycles. The maximum atomic E-state index is 12.8. The summed E-state index contributed by atoms with van der Waals surface area (Å²) in [6.45, 7) is 3.57. The first-order valence-electron chi connectivity index (χ1n) is 7.69. The topological polar surface area (TPSA) is 55.8 Å². The average Bonchev–Trinajstić information content (AvgIpc) is 3.01. The molecule has 0 radical (unpaired) electrons. The normalized spacial score (nSPS) is 20.5. The molecular formula is C17H21NO4. The third-order valence-corrected chi connectivity index (χ3v) is 4.43. The number of rotatable bonds is 2. The molecule has 22 heavy (non-hydrogen) atoms. The number of amides is 1. The number of methoxy groups -OCH3 is 1. The molecule has 0 N–H and O–H groups in total. The summed E-state index contributed by atoms with van der Waals surface area (Å²) in [6.07, 6.45) is 4.23. The summed E-state index contributed by atoms with van der Waals surface area (Å²) in [5.74, 6) is 0.185. The minimum atomic E-state index is -0.887. The fourth-order valence-corrected chi connectivity index (χ4v) is 3.28. The van der Waals surface area contributed by atoms with E-state index in [9.17, 15) is 9.59 Å². The molecule has 5 heteroatoms. The fourth-order valence-electron chi connectivity index (χ4n) is 3.28. The van der Waals surface area contributed by atoms with Gasteiger partial charge in [0, 0.05) is 6.04 Å². The number of anilines is 1. The quantitative estimate of drug-likeness (QED) is 0.788. The molecule has 0 aromatic heterocycles. The van der Waals surface area contributed by atoms with Crippen molar-refractivity contribution in [2.45, 2.75) is 51.2 Å². The zero-order valence-electron chi connectivity index (χ0n) is 13.2. The molecule has 1 fully saturated rings. The van der Waals surface area contributed by atoms with E-state index < -0.39 is 11.6 Å². The minimum Gasteiger partial charge on any atom is -0.476 e. The average molecular weight is 303 g/mol. The van der Waals surface area contributed by atoms with Gasteiger partial charge in [0.2, 0.25) is 0 Å². The molecule has 118 valence electrons. The van der Waals surface area contributed by atoms with Gasteiger partial charge in [0.05, 0.1) is 18.4 Å². The van der Waals surface area contributed by atoms with Crippen molar-refractivity contribution >= 4 is 17.6 Å². The van der Waals surface area contributed by atoms with Gasteiger partial charge in [0.15, 0.2) is 5.60 Å². The Hall–Kier alpha value is -2.04. The zero-order valence-corrected chi connectivity index (χ0v) is 13.2. The summed E-state index contributed by atoms with van der Waals surface area (Å²) in [5.41, 5.74) is 0.224. The third-order valence-electron chi connectivity index (χ3n) is 4.43. The van der Waals surface area contributed by atoms with E-state index in [1.54, 1.807) is 32.0 Å². The number of nitrogens with zero attached hydrogens (tertiary/aromatic N) is 1. The van der Waals surface area contributed by atoms with Crippen LogP contribution >= 0.6 is 0 Å². The lowest BCUT2D eigenvalue weighted by molar-refractivity contribution is -0.133. The van der Waals surface area contributed by atoms with Crippen molar-refractivity contribution in [2.24, 2.45) is 0 Å². The molecule has 0 saturated heterocycles. The van der Waals surface area contributed by atoms with Gasteiger partial charge < -0.3 is 14.4 Å². The van der Waals surface area contributed by atoms with Crippen LogP contribution in [0.25, 0.3) is 0 Å². The van der Waals surface area contributed by atoms with E-state index in [0.29, 0.717) is 17.0 Å². The summed E-state index contributed by atoms with van der Waals surface area (Å²) < 4.78 is 10.6. The molecule has 1 aliphatic heterocycles. The lowest BCUT2D eigenvalue weighted by Crippen LogP contribution is -2.55. The smallest absolute Gasteiger partial charge is 0.337 e.